The third-order valence-corrected chi connectivity index (χ3v) is 7.60. The summed E-state index contributed by atoms with van der Waals surface area (Å²) >= 11 is 0. The Hall–Kier alpha value is -3.77. The van der Waals surface area contributed by atoms with Crippen LogP contribution in [0.4, 0.5) is 17.5 Å². The summed E-state index contributed by atoms with van der Waals surface area (Å²) in [5.41, 5.74) is 0.791. The third kappa shape index (κ3) is 4.13. The Morgan fingerprint density at radius 3 is 2.53 bits per heavy atom. The fraction of sp³-hybridized carbons (Fsp3) is 0.273. The first-order valence-electron chi connectivity index (χ1n) is 10.7. The van der Waals surface area contributed by atoms with Gasteiger partial charge in [-0.2, -0.15) is 4.31 Å². The van der Waals surface area contributed by atoms with Gasteiger partial charge in [0, 0.05) is 45.5 Å². The number of sulfonamides is 1. The van der Waals surface area contributed by atoms with E-state index >= 15 is 0 Å². The molecule has 5 rings (SSSR count). The molecule has 0 saturated carbocycles. The van der Waals surface area contributed by atoms with E-state index in [1.165, 1.54) is 27.1 Å². The Labute approximate surface area is 195 Å². The van der Waals surface area contributed by atoms with Crippen LogP contribution < -0.4 is 16.0 Å². The van der Waals surface area contributed by atoms with Crippen molar-refractivity contribution in [2.45, 2.75) is 11.8 Å². The number of nitrogens with one attached hydrogen (secondary N) is 1. The van der Waals surface area contributed by atoms with Crippen LogP contribution in [0, 0.1) is 6.92 Å². The Kier molecular flexibility index (Phi) is 5.54. The maximum absolute atomic E-state index is 13.3. The number of anilines is 3. The fourth-order valence-corrected chi connectivity index (χ4v) is 5.36. The zero-order chi connectivity index (χ0) is 23.9. The van der Waals surface area contributed by atoms with Crippen molar-refractivity contribution >= 4 is 38.6 Å². The van der Waals surface area contributed by atoms with Crippen molar-refractivity contribution in [2.75, 3.05) is 36.4 Å². The summed E-state index contributed by atoms with van der Waals surface area (Å²) in [5.74, 6) is 2.09. The van der Waals surface area contributed by atoms with E-state index in [-0.39, 0.29) is 4.90 Å². The van der Waals surface area contributed by atoms with Crippen molar-refractivity contribution in [3.63, 3.8) is 0 Å². The normalized spacial score (nSPS) is 15.1. The van der Waals surface area contributed by atoms with Crippen LogP contribution in [0.2, 0.25) is 0 Å². The molecule has 176 valence electrons. The average Bonchev–Trinajstić information content (AvgIpc) is 3.12. The molecule has 1 N–H and O–H groups in total. The number of hydrogen-bond acceptors (Lipinski definition) is 9. The molecule has 1 fully saturated rings. The molecule has 0 spiro atoms. The number of rotatable bonds is 5. The van der Waals surface area contributed by atoms with Crippen molar-refractivity contribution in [1.29, 1.82) is 0 Å². The van der Waals surface area contributed by atoms with E-state index in [1.54, 1.807) is 13.2 Å². The molecule has 3 aromatic heterocycles. The molecule has 12 heteroatoms. The van der Waals surface area contributed by atoms with Gasteiger partial charge in [-0.05, 0) is 37.3 Å². The van der Waals surface area contributed by atoms with Gasteiger partial charge in [-0.3, -0.25) is 4.57 Å². The summed E-state index contributed by atoms with van der Waals surface area (Å²) in [6.45, 7) is 3.37. The summed E-state index contributed by atoms with van der Waals surface area (Å²) in [7, 11) is -2.18. The fourth-order valence-electron chi connectivity index (χ4n) is 3.92. The van der Waals surface area contributed by atoms with Gasteiger partial charge in [0.25, 0.3) is 0 Å². The molecule has 0 amide bonds. The average molecular weight is 482 g/mol. The van der Waals surface area contributed by atoms with E-state index in [1.807, 2.05) is 36.1 Å². The molecule has 4 heterocycles. The van der Waals surface area contributed by atoms with Gasteiger partial charge >= 0.3 is 5.76 Å². The van der Waals surface area contributed by atoms with Crippen LogP contribution in [0.3, 0.4) is 0 Å². The second-order valence-corrected chi connectivity index (χ2v) is 9.88. The Morgan fingerprint density at radius 2 is 1.79 bits per heavy atom. The van der Waals surface area contributed by atoms with Gasteiger partial charge in [0.05, 0.1) is 10.4 Å². The highest BCUT2D eigenvalue weighted by Crippen LogP contribution is 2.24. The summed E-state index contributed by atoms with van der Waals surface area (Å²) in [6, 6.07) is 11.9. The lowest BCUT2D eigenvalue weighted by molar-refractivity contribution is 0.383. The van der Waals surface area contributed by atoms with Crippen LogP contribution in [0.1, 0.15) is 5.82 Å². The summed E-state index contributed by atoms with van der Waals surface area (Å²) in [4.78, 5) is 27.1. The number of hydrogen-bond donors (Lipinski definition) is 1. The highest BCUT2D eigenvalue weighted by atomic mass is 32.2. The molecule has 1 aromatic carbocycles. The predicted molar refractivity (Wildman–Crippen MR) is 127 cm³/mol. The van der Waals surface area contributed by atoms with E-state index in [0.29, 0.717) is 54.7 Å². The number of oxazole rings is 1. The maximum Gasteiger partial charge on any atom is 0.419 e. The predicted octanol–water partition coefficient (Wildman–Crippen LogP) is 1.88. The second kappa shape index (κ2) is 8.54. The van der Waals surface area contributed by atoms with Crippen LogP contribution in [0.15, 0.2) is 62.8 Å². The molecular weight excluding hydrogens is 458 g/mol. The lowest BCUT2D eigenvalue weighted by Crippen LogP contribution is -2.49. The second-order valence-electron chi connectivity index (χ2n) is 7.95. The molecule has 0 unspecified atom stereocenters. The van der Waals surface area contributed by atoms with Gasteiger partial charge in [-0.1, -0.05) is 6.07 Å². The molecule has 0 aliphatic carbocycles. The lowest BCUT2D eigenvalue weighted by Gasteiger charge is -2.34. The summed E-state index contributed by atoms with van der Waals surface area (Å²) in [5, 5.41) is 3.17. The van der Waals surface area contributed by atoms with Gasteiger partial charge in [-0.25, -0.2) is 28.2 Å². The molecule has 1 saturated heterocycles. The Morgan fingerprint density at radius 1 is 1.00 bits per heavy atom. The Bertz CT molecular complexity index is 1510. The third-order valence-electron chi connectivity index (χ3n) is 5.71. The van der Waals surface area contributed by atoms with Crippen LogP contribution >= 0.6 is 0 Å². The highest BCUT2D eigenvalue weighted by molar-refractivity contribution is 7.89. The van der Waals surface area contributed by atoms with Crippen LogP contribution in [0.5, 0.6) is 0 Å². The number of aromatic nitrogens is 4. The number of aryl methyl sites for hydroxylation is 2. The first-order chi connectivity index (χ1) is 16.3. The van der Waals surface area contributed by atoms with Crippen molar-refractivity contribution in [3.8, 4) is 0 Å². The minimum atomic E-state index is -3.73. The molecular formula is C22H23N7O4S. The molecule has 0 bridgehead atoms. The highest BCUT2D eigenvalue weighted by Gasteiger charge is 2.30. The molecule has 11 nitrogen and oxygen atoms in total. The summed E-state index contributed by atoms with van der Waals surface area (Å²) < 4.78 is 34.3. The zero-order valence-electron chi connectivity index (χ0n) is 18.7. The van der Waals surface area contributed by atoms with E-state index in [4.69, 9.17) is 4.42 Å². The molecule has 34 heavy (non-hydrogen) atoms. The van der Waals surface area contributed by atoms with E-state index in [9.17, 15) is 13.2 Å². The standard InChI is InChI=1S/C22H23N7O4S/c1-15-24-20(26-19-5-3-4-8-23-19)14-21(25-15)28-9-11-29(12-10-28)34(31,32)16-6-7-18-17(13-16)27(2)22(30)33-18/h3-8,13-14H,9-12H2,1-2H3,(H,23,24,25,26). The quantitative estimate of drug-likeness (QED) is 0.454. The van der Waals surface area contributed by atoms with E-state index in [2.05, 4.69) is 20.3 Å². The first kappa shape index (κ1) is 22.0. The topological polar surface area (TPSA) is 126 Å². The number of nitrogens with zero attached hydrogens (tertiary/aromatic N) is 6. The van der Waals surface area contributed by atoms with Gasteiger partial charge in [0.2, 0.25) is 10.0 Å². The molecule has 1 aliphatic heterocycles. The molecule has 1 aliphatic rings. The largest absolute Gasteiger partial charge is 0.419 e. The van der Waals surface area contributed by atoms with Gasteiger partial charge in [0.1, 0.15) is 23.3 Å². The zero-order valence-corrected chi connectivity index (χ0v) is 19.5. The van der Waals surface area contributed by atoms with Crippen molar-refractivity contribution < 1.29 is 12.8 Å². The SMILES string of the molecule is Cc1nc(Nc2ccccn2)cc(N2CCN(S(=O)(=O)c3ccc4oc(=O)n(C)c4c3)CC2)n1. The lowest BCUT2D eigenvalue weighted by atomic mass is 10.3. The maximum atomic E-state index is 13.3. The van der Waals surface area contributed by atoms with Crippen molar-refractivity contribution in [2.24, 2.45) is 7.05 Å². The monoisotopic (exact) mass is 481 g/mol. The number of fused-ring (bicyclic) bond motifs is 1. The van der Waals surface area contributed by atoms with Gasteiger partial charge in [0.15, 0.2) is 5.58 Å². The Balaban J connectivity index is 1.32. The van der Waals surface area contributed by atoms with Crippen molar-refractivity contribution in [3.05, 3.63) is 65.0 Å². The van der Waals surface area contributed by atoms with Crippen molar-refractivity contribution in [1.82, 2.24) is 23.8 Å². The van der Waals surface area contributed by atoms with E-state index in [0.717, 1.165) is 5.82 Å². The van der Waals surface area contributed by atoms with Crippen LogP contribution in [0.25, 0.3) is 11.1 Å². The first-order valence-corrected chi connectivity index (χ1v) is 12.1. The van der Waals surface area contributed by atoms with Gasteiger partial charge in [-0.15, -0.1) is 0 Å². The minimum absolute atomic E-state index is 0.129. The minimum Gasteiger partial charge on any atom is -0.408 e. The van der Waals surface area contributed by atoms with Crippen LogP contribution in [-0.2, 0) is 17.1 Å². The number of pyridine rings is 1. The van der Waals surface area contributed by atoms with E-state index < -0.39 is 15.8 Å². The molecule has 4 aromatic rings. The van der Waals surface area contributed by atoms with Gasteiger partial charge < -0.3 is 14.6 Å². The van der Waals surface area contributed by atoms with Crippen LogP contribution in [-0.4, -0.2) is 58.4 Å². The molecule has 0 atom stereocenters. The number of benzene rings is 1. The number of piperazine rings is 1. The summed E-state index contributed by atoms with van der Waals surface area (Å²) in [6.07, 6.45) is 1.70. The smallest absolute Gasteiger partial charge is 0.408 e. The molecule has 0 radical (unpaired) electrons.